The van der Waals surface area contributed by atoms with E-state index in [0.29, 0.717) is 17.2 Å². The molecular formula is C15H12ClFO2. The average molecular weight is 279 g/mol. The first-order valence-electron chi connectivity index (χ1n) is 5.84. The van der Waals surface area contributed by atoms with Crippen molar-refractivity contribution in [2.45, 2.75) is 12.8 Å². The fraction of sp³-hybridized carbons (Fsp3) is 0.133. The Labute approximate surface area is 115 Å². The molecule has 0 saturated heterocycles. The van der Waals surface area contributed by atoms with Crippen LogP contribution in [0.5, 0.6) is 5.75 Å². The molecule has 98 valence electrons. The van der Waals surface area contributed by atoms with E-state index in [2.05, 4.69) is 0 Å². The summed E-state index contributed by atoms with van der Waals surface area (Å²) in [5.74, 6) is -0.356. The number of aryl methyl sites for hydroxylation is 1. The highest BCUT2D eigenvalue weighted by atomic mass is 35.5. The van der Waals surface area contributed by atoms with Gasteiger partial charge in [0.05, 0.1) is 0 Å². The van der Waals surface area contributed by atoms with Gasteiger partial charge in [-0.25, -0.2) is 4.39 Å². The van der Waals surface area contributed by atoms with Crippen molar-refractivity contribution in [2.75, 3.05) is 0 Å². The average Bonchev–Trinajstić information content (AvgIpc) is 2.41. The van der Waals surface area contributed by atoms with Crippen LogP contribution in [0.1, 0.15) is 12.0 Å². The molecule has 0 heterocycles. The van der Waals surface area contributed by atoms with Gasteiger partial charge in [0, 0.05) is 11.4 Å². The minimum absolute atomic E-state index is 0.263. The molecular weight excluding hydrogens is 267 g/mol. The van der Waals surface area contributed by atoms with E-state index >= 15 is 0 Å². The third-order valence-electron chi connectivity index (χ3n) is 2.58. The minimum atomic E-state index is -0.360. The zero-order valence-corrected chi connectivity index (χ0v) is 10.9. The van der Waals surface area contributed by atoms with Gasteiger partial charge in [-0.1, -0.05) is 23.7 Å². The molecule has 0 atom stereocenters. The molecule has 0 aliphatic heterocycles. The van der Waals surface area contributed by atoms with Crippen LogP contribution in [0.2, 0.25) is 5.02 Å². The van der Waals surface area contributed by atoms with Gasteiger partial charge in [0.25, 0.3) is 0 Å². The molecule has 0 saturated carbocycles. The second-order valence-electron chi connectivity index (χ2n) is 4.05. The van der Waals surface area contributed by atoms with Crippen molar-refractivity contribution >= 4 is 17.6 Å². The Hall–Kier alpha value is -1.87. The van der Waals surface area contributed by atoms with Crippen molar-refractivity contribution in [3.63, 3.8) is 0 Å². The molecule has 0 spiro atoms. The maximum Gasteiger partial charge on any atom is 0.311 e. The lowest BCUT2D eigenvalue weighted by Gasteiger charge is -2.04. The summed E-state index contributed by atoms with van der Waals surface area (Å²) in [6.07, 6.45) is 0.843. The van der Waals surface area contributed by atoms with E-state index < -0.39 is 0 Å². The number of hydrogen-bond acceptors (Lipinski definition) is 2. The van der Waals surface area contributed by atoms with Crippen molar-refractivity contribution in [3.8, 4) is 5.75 Å². The van der Waals surface area contributed by atoms with Crippen LogP contribution in [0.3, 0.4) is 0 Å². The summed E-state index contributed by atoms with van der Waals surface area (Å²) < 4.78 is 17.8. The van der Waals surface area contributed by atoms with Crippen LogP contribution < -0.4 is 4.74 Å². The minimum Gasteiger partial charge on any atom is -0.427 e. The highest BCUT2D eigenvalue weighted by Gasteiger charge is 2.05. The number of benzene rings is 2. The standard InChI is InChI=1S/C15H12ClFO2/c16-12-4-1-11(2-5-12)3-10-15(18)19-14-8-6-13(17)7-9-14/h1-2,4-9H,3,10H2. The van der Waals surface area contributed by atoms with Gasteiger partial charge < -0.3 is 4.74 Å². The van der Waals surface area contributed by atoms with Gasteiger partial charge in [-0.15, -0.1) is 0 Å². The van der Waals surface area contributed by atoms with E-state index in [1.165, 1.54) is 24.3 Å². The van der Waals surface area contributed by atoms with Crippen LogP contribution in [0.25, 0.3) is 0 Å². The maximum atomic E-state index is 12.7. The monoisotopic (exact) mass is 278 g/mol. The normalized spacial score (nSPS) is 10.2. The first kappa shape index (κ1) is 13.6. The van der Waals surface area contributed by atoms with Crippen LogP contribution in [0, 0.1) is 5.82 Å². The van der Waals surface area contributed by atoms with Crippen LogP contribution in [-0.2, 0) is 11.2 Å². The largest absolute Gasteiger partial charge is 0.427 e. The Kier molecular flexibility index (Phi) is 4.53. The van der Waals surface area contributed by atoms with E-state index in [-0.39, 0.29) is 18.2 Å². The molecule has 2 rings (SSSR count). The number of hydrogen-bond donors (Lipinski definition) is 0. The topological polar surface area (TPSA) is 26.3 Å². The highest BCUT2D eigenvalue weighted by Crippen LogP contribution is 2.14. The highest BCUT2D eigenvalue weighted by molar-refractivity contribution is 6.30. The summed E-state index contributed by atoms with van der Waals surface area (Å²) >= 11 is 5.77. The summed E-state index contributed by atoms with van der Waals surface area (Å²) in [4.78, 5) is 11.6. The fourth-order valence-electron chi connectivity index (χ4n) is 1.58. The zero-order chi connectivity index (χ0) is 13.7. The lowest BCUT2D eigenvalue weighted by atomic mass is 10.1. The summed E-state index contributed by atoms with van der Waals surface area (Å²) in [5, 5.41) is 0.664. The molecule has 0 aliphatic carbocycles. The van der Waals surface area contributed by atoms with Gasteiger partial charge in [0.2, 0.25) is 0 Å². The fourth-order valence-corrected chi connectivity index (χ4v) is 1.71. The predicted molar refractivity (Wildman–Crippen MR) is 71.8 cm³/mol. The Morgan fingerprint density at radius 1 is 1.05 bits per heavy atom. The van der Waals surface area contributed by atoms with Gasteiger partial charge in [-0.05, 0) is 48.4 Å². The molecule has 0 aromatic heterocycles. The quantitative estimate of drug-likeness (QED) is 0.624. The molecule has 2 aromatic carbocycles. The summed E-state index contributed by atoms with van der Waals surface area (Å²) in [7, 11) is 0. The molecule has 2 aromatic rings. The van der Waals surface area contributed by atoms with Gasteiger partial charge in [-0.2, -0.15) is 0 Å². The van der Waals surface area contributed by atoms with Crippen LogP contribution in [0.4, 0.5) is 4.39 Å². The lowest BCUT2D eigenvalue weighted by molar-refractivity contribution is -0.134. The lowest BCUT2D eigenvalue weighted by Crippen LogP contribution is -2.08. The Balaban J connectivity index is 1.84. The third kappa shape index (κ3) is 4.38. The van der Waals surface area contributed by atoms with E-state index in [1.807, 2.05) is 12.1 Å². The number of ether oxygens (including phenoxy) is 1. The van der Waals surface area contributed by atoms with E-state index in [4.69, 9.17) is 16.3 Å². The summed E-state index contributed by atoms with van der Waals surface area (Å²) in [5.41, 5.74) is 1.01. The Morgan fingerprint density at radius 2 is 1.68 bits per heavy atom. The SMILES string of the molecule is O=C(CCc1ccc(Cl)cc1)Oc1ccc(F)cc1. The van der Waals surface area contributed by atoms with Crippen molar-refractivity contribution in [1.29, 1.82) is 0 Å². The molecule has 0 aliphatic rings. The molecule has 0 N–H and O–H groups in total. The Morgan fingerprint density at radius 3 is 2.32 bits per heavy atom. The Bertz CT molecular complexity index is 549. The van der Waals surface area contributed by atoms with Crippen LogP contribution >= 0.6 is 11.6 Å². The van der Waals surface area contributed by atoms with Crippen LogP contribution in [0.15, 0.2) is 48.5 Å². The molecule has 0 unspecified atom stereocenters. The molecule has 19 heavy (non-hydrogen) atoms. The first-order chi connectivity index (χ1) is 9.13. The zero-order valence-electron chi connectivity index (χ0n) is 10.1. The number of rotatable bonds is 4. The number of halogens is 2. The van der Waals surface area contributed by atoms with Gasteiger partial charge in [-0.3, -0.25) is 4.79 Å². The number of carbonyl (C=O) groups is 1. The van der Waals surface area contributed by atoms with Gasteiger partial charge in [0.1, 0.15) is 11.6 Å². The predicted octanol–water partition coefficient (Wildman–Crippen LogP) is 4.02. The number of esters is 1. The maximum absolute atomic E-state index is 12.7. The first-order valence-corrected chi connectivity index (χ1v) is 6.22. The molecule has 0 bridgehead atoms. The second-order valence-corrected chi connectivity index (χ2v) is 4.49. The molecule has 4 heteroatoms. The molecule has 0 fully saturated rings. The number of carbonyl (C=O) groups excluding carboxylic acids is 1. The van der Waals surface area contributed by atoms with Crippen molar-refractivity contribution in [3.05, 3.63) is 64.9 Å². The van der Waals surface area contributed by atoms with Gasteiger partial charge >= 0.3 is 5.97 Å². The summed E-state index contributed by atoms with van der Waals surface area (Å²) in [6.45, 7) is 0. The second kappa shape index (κ2) is 6.34. The molecule has 2 nitrogen and oxygen atoms in total. The van der Waals surface area contributed by atoms with E-state index in [0.717, 1.165) is 5.56 Å². The summed E-state index contributed by atoms with van der Waals surface area (Å²) in [6, 6.07) is 12.7. The van der Waals surface area contributed by atoms with Crippen LogP contribution in [-0.4, -0.2) is 5.97 Å². The van der Waals surface area contributed by atoms with E-state index in [9.17, 15) is 9.18 Å². The van der Waals surface area contributed by atoms with Crippen molar-refractivity contribution in [2.24, 2.45) is 0 Å². The van der Waals surface area contributed by atoms with Gasteiger partial charge in [0.15, 0.2) is 0 Å². The van der Waals surface area contributed by atoms with E-state index in [1.54, 1.807) is 12.1 Å². The molecule has 0 radical (unpaired) electrons. The van der Waals surface area contributed by atoms with Crippen molar-refractivity contribution < 1.29 is 13.9 Å². The third-order valence-corrected chi connectivity index (χ3v) is 2.83. The molecule has 0 amide bonds. The van der Waals surface area contributed by atoms with Crippen molar-refractivity contribution in [1.82, 2.24) is 0 Å². The smallest absolute Gasteiger partial charge is 0.311 e.